The summed E-state index contributed by atoms with van der Waals surface area (Å²) in [4.78, 5) is 9.48. The van der Waals surface area contributed by atoms with Crippen LogP contribution < -0.4 is 10.6 Å². The molecule has 0 aliphatic carbocycles. The first-order valence-corrected chi connectivity index (χ1v) is 13.6. The van der Waals surface area contributed by atoms with Crippen LogP contribution in [-0.4, -0.2) is 79.5 Å². The Morgan fingerprint density at radius 2 is 1.89 bits per heavy atom. The van der Waals surface area contributed by atoms with Crippen LogP contribution in [0.3, 0.4) is 0 Å². The summed E-state index contributed by atoms with van der Waals surface area (Å²) in [6, 6.07) is 10.7. The van der Waals surface area contributed by atoms with Gasteiger partial charge in [0.2, 0.25) is 10.0 Å². The predicted molar refractivity (Wildman–Crippen MR) is 135 cm³/mol. The van der Waals surface area contributed by atoms with Crippen molar-refractivity contribution < 1.29 is 17.9 Å². The molecule has 0 atom stereocenters. The fourth-order valence-electron chi connectivity index (χ4n) is 3.39. The van der Waals surface area contributed by atoms with Crippen molar-refractivity contribution >= 4 is 39.2 Å². The molecule has 0 radical (unpaired) electrons. The van der Waals surface area contributed by atoms with Gasteiger partial charge in [-0.3, -0.25) is 5.10 Å². The molecule has 1 saturated heterocycles. The van der Waals surface area contributed by atoms with Crippen LogP contribution in [0.25, 0.3) is 0 Å². The average molecular weight is 520 g/mol. The van der Waals surface area contributed by atoms with Gasteiger partial charge < -0.3 is 20.1 Å². The molecular formula is C22H29N7O4S2. The van der Waals surface area contributed by atoms with E-state index in [1.807, 2.05) is 31.2 Å². The molecule has 1 aromatic carbocycles. The normalized spacial score (nSPS) is 14.7. The monoisotopic (exact) mass is 519 g/mol. The number of aromatic nitrogens is 4. The van der Waals surface area contributed by atoms with Gasteiger partial charge in [-0.25, -0.2) is 18.4 Å². The van der Waals surface area contributed by atoms with Crippen LogP contribution in [0.1, 0.15) is 11.3 Å². The number of methoxy groups -OCH3 is 1. The number of H-pyrrole nitrogens is 1. The van der Waals surface area contributed by atoms with Crippen molar-refractivity contribution in [2.45, 2.75) is 22.7 Å². The highest BCUT2D eigenvalue weighted by molar-refractivity contribution is 7.98. The summed E-state index contributed by atoms with van der Waals surface area (Å²) >= 11 is 1.46. The van der Waals surface area contributed by atoms with Crippen molar-refractivity contribution in [3.8, 4) is 0 Å². The van der Waals surface area contributed by atoms with Crippen LogP contribution in [0, 0.1) is 6.92 Å². The van der Waals surface area contributed by atoms with Gasteiger partial charge in [-0.1, -0.05) is 23.9 Å². The van der Waals surface area contributed by atoms with Crippen LogP contribution in [-0.2, 0) is 25.2 Å². The Morgan fingerprint density at radius 1 is 1.14 bits per heavy atom. The molecule has 0 unspecified atom stereocenters. The van der Waals surface area contributed by atoms with Crippen molar-refractivity contribution in [2.24, 2.45) is 0 Å². The maximum atomic E-state index is 12.8. The first kappa shape index (κ1) is 25.4. The molecule has 1 aliphatic heterocycles. The van der Waals surface area contributed by atoms with Gasteiger partial charge in [0.05, 0.1) is 30.4 Å². The summed E-state index contributed by atoms with van der Waals surface area (Å²) < 4.78 is 37.5. The number of hydrogen-bond acceptors (Lipinski definition) is 10. The Bertz CT molecular complexity index is 1210. The minimum absolute atomic E-state index is 0.287. The number of morpholine rings is 1. The van der Waals surface area contributed by atoms with Gasteiger partial charge in [0.1, 0.15) is 17.5 Å². The summed E-state index contributed by atoms with van der Waals surface area (Å²) in [6.07, 6.45) is 0. The van der Waals surface area contributed by atoms with E-state index in [1.165, 1.54) is 16.1 Å². The number of nitrogens with one attached hydrogen (secondary N) is 3. The number of aromatic amines is 1. The topological polar surface area (TPSA) is 134 Å². The second-order valence-electron chi connectivity index (χ2n) is 7.84. The maximum Gasteiger partial charge on any atom is 0.243 e. The standard InChI is InChI=1S/C22H29N7O4S2/c1-16-13-21(28-27-16)24-20-14-19(23-7-10-32-2)25-22(26-20)34-15-17-3-5-18(6-4-17)35(30,31)29-8-11-33-12-9-29/h3-6,13-14H,7-12,15H2,1-2H3,(H3,23,24,25,26,27,28). The third-order valence-electron chi connectivity index (χ3n) is 5.19. The Balaban J connectivity index is 1.44. The molecule has 3 aromatic rings. The summed E-state index contributed by atoms with van der Waals surface area (Å²) in [7, 11) is -1.86. The first-order valence-electron chi connectivity index (χ1n) is 11.1. The Labute approximate surface area is 209 Å². The largest absolute Gasteiger partial charge is 0.383 e. The zero-order valence-corrected chi connectivity index (χ0v) is 21.3. The van der Waals surface area contributed by atoms with Crippen LogP contribution in [0.15, 0.2) is 46.5 Å². The third-order valence-corrected chi connectivity index (χ3v) is 8.02. The molecule has 0 spiro atoms. The van der Waals surface area contributed by atoms with Crippen molar-refractivity contribution in [3.63, 3.8) is 0 Å². The van der Waals surface area contributed by atoms with Crippen LogP contribution in [0.5, 0.6) is 0 Å². The van der Waals surface area contributed by atoms with Gasteiger partial charge in [-0.15, -0.1) is 0 Å². The van der Waals surface area contributed by atoms with E-state index >= 15 is 0 Å². The molecule has 1 aliphatic rings. The first-order chi connectivity index (χ1) is 16.9. The van der Waals surface area contributed by atoms with E-state index in [9.17, 15) is 8.42 Å². The molecule has 0 bridgehead atoms. The average Bonchev–Trinajstić information content (AvgIpc) is 3.28. The van der Waals surface area contributed by atoms with Crippen molar-refractivity contribution in [1.29, 1.82) is 0 Å². The highest BCUT2D eigenvalue weighted by Gasteiger charge is 2.26. The Morgan fingerprint density at radius 3 is 2.57 bits per heavy atom. The molecule has 13 heteroatoms. The number of ether oxygens (including phenoxy) is 2. The number of hydrogen-bond donors (Lipinski definition) is 3. The fraction of sp³-hybridized carbons (Fsp3) is 0.409. The molecule has 3 heterocycles. The number of thioether (sulfide) groups is 1. The van der Waals surface area contributed by atoms with E-state index in [2.05, 4.69) is 30.8 Å². The molecule has 1 fully saturated rings. The summed E-state index contributed by atoms with van der Waals surface area (Å²) in [5.41, 5.74) is 1.84. The summed E-state index contributed by atoms with van der Waals surface area (Å²) in [6.45, 7) is 4.65. The van der Waals surface area contributed by atoms with E-state index in [1.54, 1.807) is 19.2 Å². The van der Waals surface area contributed by atoms with E-state index in [4.69, 9.17) is 9.47 Å². The number of nitrogens with zero attached hydrogens (tertiary/aromatic N) is 4. The Hall–Kier alpha value is -2.71. The summed E-state index contributed by atoms with van der Waals surface area (Å²) in [5, 5.41) is 14.1. The highest BCUT2D eigenvalue weighted by Crippen LogP contribution is 2.26. The van der Waals surface area contributed by atoms with Gasteiger partial charge in [-0.2, -0.15) is 9.40 Å². The Kier molecular flexibility index (Phi) is 8.57. The molecule has 11 nitrogen and oxygen atoms in total. The van der Waals surface area contributed by atoms with Gasteiger partial charge >= 0.3 is 0 Å². The second kappa shape index (κ2) is 11.8. The van der Waals surface area contributed by atoms with Gasteiger partial charge in [0, 0.05) is 44.6 Å². The van der Waals surface area contributed by atoms with Gasteiger partial charge in [0.15, 0.2) is 5.16 Å². The third kappa shape index (κ3) is 6.92. The number of aryl methyl sites for hydroxylation is 1. The molecule has 2 aromatic heterocycles. The number of benzene rings is 1. The van der Waals surface area contributed by atoms with Gasteiger partial charge in [0.25, 0.3) is 0 Å². The minimum atomic E-state index is -3.51. The lowest BCUT2D eigenvalue weighted by Gasteiger charge is -2.26. The molecule has 0 amide bonds. The maximum absolute atomic E-state index is 12.8. The lowest BCUT2D eigenvalue weighted by molar-refractivity contribution is 0.0730. The highest BCUT2D eigenvalue weighted by atomic mass is 32.2. The number of sulfonamides is 1. The SMILES string of the molecule is COCCNc1cc(Nc2cc(C)n[nH]2)nc(SCc2ccc(S(=O)(=O)N3CCOCC3)cc2)n1. The summed E-state index contributed by atoms with van der Waals surface area (Å²) in [5.74, 6) is 2.61. The van der Waals surface area contributed by atoms with E-state index in [0.717, 1.165) is 17.1 Å². The second-order valence-corrected chi connectivity index (χ2v) is 10.7. The number of rotatable bonds is 11. The molecule has 188 valence electrons. The van der Waals surface area contributed by atoms with Crippen LogP contribution >= 0.6 is 11.8 Å². The quantitative estimate of drug-likeness (QED) is 0.197. The molecular weight excluding hydrogens is 490 g/mol. The lowest BCUT2D eigenvalue weighted by atomic mass is 10.2. The molecule has 35 heavy (non-hydrogen) atoms. The predicted octanol–water partition coefficient (Wildman–Crippen LogP) is 2.62. The van der Waals surface area contributed by atoms with Gasteiger partial charge in [-0.05, 0) is 24.6 Å². The smallest absolute Gasteiger partial charge is 0.243 e. The fourth-order valence-corrected chi connectivity index (χ4v) is 5.61. The van der Waals surface area contributed by atoms with E-state index in [0.29, 0.717) is 62.0 Å². The van der Waals surface area contributed by atoms with E-state index in [-0.39, 0.29) is 4.90 Å². The zero-order valence-electron chi connectivity index (χ0n) is 19.7. The van der Waals surface area contributed by atoms with Crippen LogP contribution in [0.4, 0.5) is 17.5 Å². The van der Waals surface area contributed by atoms with Crippen molar-refractivity contribution in [2.75, 3.05) is 57.2 Å². The molecule has 4 rings (SSSR count). The van der Waals surface area contributed by atoms with Crippen molar-refractivity contribution in [3.05, 3.63) is 47.7 Å². The number of anilines is 3. The molecule has 0 saturated carbocycles. The van der Waals surface area contributed by atoms with E-state index < -0.39 is 10.0 Å². The lowest BCUT2D eigenvalue weighted by Crippen LogP contribution is -2.40. The zero-order chi connectivity index (χ0) is 24.7. The van der Waals surface area contributed by atoms with Crippen LogP contribution in [0.2, 0.25) is 0 Å². The minimum Gasteiger partial charge on any atom is -0.383 e. The molecule has 3 N–H and O–H groups in total. The van der Waals surface area contributed by atoms with Crippen molar-refractivity contribution in [1.82, 2.24) is 24.5 Å².